The molecule has 1 aromatic carbocycles. The van der Waals surface area contributed by atoms with Gasteiger partial charge in [0.05, 0.1) is 19.0 Å². The minimum Gasteiger partial charge on any atom is -0.466 e. The largest absolute Gasteiger partial charge is 0.466 e. The van der Waals surface area contributed by atoms with Crippen LogP contribution in [0.25, 0.3) is 0 Å². The molecule has 0 amide bonds. The monoisotopic (exact) mass is 324 g/mol. The Morgan fingerprint density at radius 3 is 2.54 bits per heavy atom. The summed E-state index contributed by atoms with van der Waals surface area (Å²) in [5.41, 5.74) is 1.87. The third-order valence-corrected chi connectivity index (χ3v) is 3.97. The Bertz CT molecular complexity index is 852. The van der Waals surface area contributed by atoms with Gasteiger partial charge >= 0.3 is 0 Å². The van der Waals surface area contributed by atoms with Crippen molar-refractivity contribution in [2.45, 2.75) is 32.4 Å². The van der Waals surface area contributed by atoms with Gasteiger partial charge in [0.15, 0.2) is 0 Å². The van der Waals surface area contributed by atoms with E-state index in [-0.39, 0.29) is 11.5 Å². The lowest BCUT2D eigenvalue weighted by Crippen LogP contribution is -2.29. The van der Waals surface area contributed by atoms with Crippen LogP contribution in [0.2, 0.25) is 0 Å². The molecule has 1 unspecified atom stereocenters. The summed E-state index contributed by atoms with van der Waals surface area (Å²) in [5, 5.41) is 14.8. The van der Waals surface area contributed by atoms with E-state index in [0.29, 0.717) is 23.4 Å². The number of benzene rings is 1. The molecular formula is C19H20N2O3. The zero-order valence-electron chi connectivity index (χ0n) is 13.7. The minimum absolute atomic E-state index is 0.0397. The molecule has 1 atom stereocenters. The number of aliphatic hydroxyl groups excluding tert-OH is 1. The molecule has 0 aliphatic rings. The highest BCUT2D eigenvalue weighted by atomic mass is 16.4. The molecule has 5 heteroatoms. The molecule has 2 heterocycles. The summed E-state index contributed by atoms with van der Waals surface area (Å²) >= 11 is 0. The van der Waals surface area contributed by atoms with Gasteiger partial charge in [-0.25, -0.2) is 4.68 Å². The fraction of sp³-hybridized carbons (Fsp3) is 0.263. The molecule has 24 heavy (non-hydrogen) atoms. The van der Waals surface area contributed by atoms with Crippen molar-refractivity contribution >= 4 is 0 Å². The van der Waals surface area contributed by atoms with Gasteiger partial charge in [-0.15, -0.1) is 0 Å². The number of nitrogens with zero attached hydrogens (tertiary/aromatic N) is 2. The summed E-state index contributed by atoms with van der Waals surface area (Å²) in [7, 11) is 0. The predicted octanol–water partition coefficient (Wildman–Crippen LogP) is 3.09. The predicted molar refractivity (Wildman–Crippen MR) is 90.9 cm³/mol. The molecule has 2 aromatic heterocycles. The Hall–Kier alpha value is -2.66. The smallest absolute Gasteiger partial charge is 0.270 e. The third kappa shape index (κ3) is 3.16. The maximum atomic E-state index is 12.9. The van der Waals surface area contributed by atoms with Gasteiger partial charge in [0.1, 0.15) is 11.9 Å². The van der Waals surface area contributed by atoms with E-state index in [1.54, 1.807) is 18.3 Å². The van der Waals surface area contributed by atoms with Crippen molar-refractivity contribution in [3.05, 3.63) is 87.7 Å². The summed E-state index contributed by atoms with van der Waals surface area (Å²) in [5.74, 6) is 0.362. The van der Waals surface area contributed by atoms with Crippen LogP contribution in [0.3, 0.4) is 0 Å². The summed E-state index contributed by atoms with van der Waals surface area (Å²) in [6.07, 6.45) is 2.06. The van der Waals surface area contributed by atoms with E-state index in [0.717, 1.165) is 5.56 Å². The molecule has 0 bridgehead atoms. The van der Waals surface area contributed by atoms with Gasteiger partial charge in [-0.2, -0.15) is 5.10 Å². The quantitative estimate of drug-likeness (QED) is 0.783. The second-order valence-corrected chi connectivity index (χ2v) is 6.03. The zero-order valence-corrected chi connectivity index (χ0v) is 13.7. The summed E-state index contributed by atoms with van der Waals surface area (Å²) < 4.78 is 6.70. The number of hydrogen-bond acceptors (Lipinski definition) is 4. The Morgan fingerprint density at radius 1 is 1.17 bits per heavy atom. The van der Waals surface area contributed by atoms with Crippen molar-refractivity contribution in [2.75, 3.05) is 0 Å². The highest BCUT2D eigenvalue weighted by molar-refractivity contribution is 5.31. The van der Waals surface area contributed by atoms with Crippen LogP contribution in [0.4, 0.5) is 0 Å². The van der Waals surface area contributed by atoms with E-state index in [9.17, 15) is 9.90 Å². The van der Waals surface area contributed by atoms with Crippen molar-refractivity contribution in [1.82, 2.24) is 9.78 Å². The zero-order chi connectivity index (χ0) is 17.1. The lowest BCUT2D eigenvalue weighted by Gasteiger charge is -2.17. The topological polar surface area (TPSA) is 68.3 Å². The van der Waals surface area contributed by atoms with Crippen molar-refractivity contribution in [2.24, 2.45) is 0 Å². The molecule has 3 aromatic rings. The van der Waals surface area contributed by atoms with Crippen LogP contribution in [0.5, 0.6) is 0 Å². The van der Waals surface area contributed by atoms with Gasteiger partial charge in [0.25, 0.3) is 5.56 Å². The molecule has 0 spiro atoms. The van der Waals surface area contributed by atoms with Crippen LogP contribution in [0, 0.1) is 0 Å². The SMILES string of the molecule is CC(C)c1c(C(O)c2ccco2)cnn(Cc2ccccc2)c1=O. The summed E-state index contributed by atoms with van der Waals surface area (Å²) in [4.78, 5) is 12.9. The first kappa shape index (κ1) is 16.2. The number of rotatable bonds is 5. The molecule has 5 nitrogen and oxygen atoms in total. The van der Waals surface area contributed by atoms with E-state index >= 15 is 0 Å². The van der Waals surface area contributed by atoms with Crippen LogP contribution in [-0.2, 0) is 6.54 Å². The van der Waals surface area contributed by atoms with Crippen molar-refractivity contribution in [3.8, 4) is 0 Å². The average Bonchev–Trinajstić information content (AvgIpc) is 3.11. The van der Waals surface area contributed by atoms with Crippen LogP contribution < -0.4 is 5.56 Å². The molecule has 0 radical (unpaired) electrons. The molecule has 3 rings (SSSR count). The fourth-order valence-corrected chi connectivity index (χ4v) is 2.78. The van der Waals surface area contributed by atoms with Gasteiger partial charge in [0, 0.05) is 11.1 Å². The minimum atomic E-state index is -0.996. The molecule has 0 aliphatic carbocycles. The number of hydrogen-bond donors (Lipinski definition) is 1. The Kier molecular flexibility index (Phi) is 4.62. The number of furan rings is 1. The molecule has 0 aliphatic heterocycles. The van der Waals surface area contributed by atoms with Gasteiger partial charge in [-0.1, -0.05) is 44.2 Å². The first-order chi connectivity index (χ1) is 11.6. The fourth-order valence-electron chi connectivity index (χ4n) is 2.78. The standard InChI is InChI=1S/C19H20N2O3/c1-13(2)17-15(18(22)16-9-6-10-24-16)11-20-21(19(17)23)12-14-7-4-3-5-8-14/h3-11,13,18,22H,12H2,1-2H3. The van der Waals surface area contributed by atoms with Crippen molar-refractivity contribution in [3.63, 3.8) is 0 Å². The second-order valence-electron chi connectivity index (χ2n) is 6.03. The normalized spacial score (nSPS) is 12.5. The second kappa shape index (κ2) is 6.84. The molecule has 124 valence electrons. The van der Waals surface area contributed by atoms with Crippen LogP contribution in [0.15, 0.2) is 64.1 Å². The molecule has 0 fully saturated rings. The lowest BCUT2D eigenvalue weighted by molar-refractivity contribution is 0.186. The van der Waals surface area contributed by atoms with E-state index in [1.165, 1.54) is 10.9 Å². The highest BCUT2D eigenvalue weighted by Crippen LogP contribution is 2.26. The molecular weight excluding hydrogens is 304 g/mol. The number of aliphatic hydroxyl groups is 1. The third-order valence-electron chi connectivity index (χ3n) is 3.97. The summed E-state index contributed by atoms with van der Waals surface area (Å²) in [6, 6.07) is 13.1. The number of aromatic nitrogens is 2. The average molecular weight is 324 g/mol. The Labute approximate surface area is 140 Å². The van der Waals surface area contributed by atoms with Gasteiger partial charge in [0.2, 0.25) is 0 Å². The first-order valence-corrected chi connectivity index (χ1v) is 7.93. The van der Waals surface area contributed by atoms with Crippen molar-refractivity contribution in [1.29, 1.82) is 0 Å². The van der Waals surface area contributed by atoms with Crippen LogP contribution in [0.1, 0.15) is 48.3 Å². The van der Waals surface area contributed by atoms with Gasteiger partial charge in [-0.3, -0.25) is 4.79 Å². The summed E-state index contributed by atoms with van der Waals surface area (Å²) in [6.45, 7) is 4.26. The van der Waals surface area contributed by atoms with Crippen LogP contribution in [-0.4, -0.2) is 14.9 Å². The molecule has 0 saturated heterocycles. The van der Waals surface area contributed by atoms with Crippen molar-refractivity contribution < 1.29 is 9.52 Å². The maximum Gasteiger partial charge on any atom is 0.270 e. The van der Waals surface area contributed by atoms with Gasteiger partial charge < -0.3 is 9.52 Å². The Morgan fingerprint density at radius 2 is 1.92 bits per heavy atom. The Balaban J connectivity index is 2.03. The molecule has 0 saturated carbocycles. The van der Waals surface area contributed by atoms with E-state index in [4.69, 9.17) is 4.42 Å². The van der Waals surface area contributed by atoms with E-state index in [1.807, 2.05) is 44.2 Å². The van der Waals surface area contributed by atoms with Gasteiger partial charge in [-0.05, 0) is 23.6 Å². The first-order valence-electron chi connectivity index (χ1n) is 7.93. The van der Waals surface area contributed by atoms with E-state index < -0.39 is 6.10 Å². The maximum absolute atomic E-state index is 12.9. The highest BCUT2D eigenvalue weighted by Gasteiger charge is 2.23. The lowest BCUT2D eigenvalue weighted by atomic mass is 9.96. The van der Waals surface area contributed by atoms with Crippen LogP contribution >= 0.6 is 0 Å². The molecule has 1 N–H and O–H groups in total. The van der Waals surface area contributed by atoms with E-state index in [2.05, 4.69) is 5.10 Å².